The van der Waals surface area contributed by atoms with Gasteiger partial charge in [-0.05, 0) is 52.0 Å². The third-order valence-electron chi connectivity index (χ3n) is 4.09. The van der Waals surface area contributed by atoms with Gasteiger partial charge in [0.2, 0.25) is 0 Å². The van der Waals surface area contributed by atoms with Gasteiger partial charge in [-0.1, -0.05) is 0 Å². The third-order valence-corrected chi connectivity index (χ3v) is 4.09. The lowest BCUT2D eigenvalue weighted by Crippen LogP contribution is -2.20. The lowest BCUT2D eigenvalue weighted by molar-refractivity contribution is -0.0172. The van der Waals surface area contributed by atoms with Gasteiger partial charge in [-0.2, -0.15) is 5.10 Å². The molecule has 0 aliphatic heterocycles. The summed E-state index contributed by atoms with van der Waals surface area (Å²) in [5.74, 6) is -0.380. The molecule has 7 heteroatoms. The molecule has 0 atom stereocenters. The van der Waals surface area contributed by atoms with Crippen LogP contribution in [0, 0.1) is 0 Å². The molecule has 0 aliphatic carbocycles. The molecule has 28 heavy (non-hydrogen) atoms. The number of carbonyl (C=O) groups is 1. The highest BCUT2D eigenvalue weighted by Gasteiger charge is 2.20. The maximum absolute atomic E-state index is 12.3. The van der Waals surface area contributed by atoms with Crippen molar-refractivity contribution in [1.82, 2.24) is 19.7 Å². The third kappa shape index (κ3) is 5.13. The smallest absolute Gasteiger partial charge is 0.341 e. The first kappa shape index (κ1) is 19.9. The fourth-order valence-electron chi connectivity index (χ4n) is 2.71. The first-order valence-electron chi connectivity index (χ1n) is 9.44. The molecule has 0 aliphatic rings. The maximum atomic E-state index is 12.3. The van der Waals surface area contributed by atoms with Crippen molar-refractivity contribution in [3.63, 3.8) is 0 Å². The molecule has 7 nitrogen and oxygen atoms in total. The largest absolute Gasteiger partial charge is 0.462 e. The summed E-state index contributed by atoms with van der Waals surface area (Å²) >= 11 is 0. The molecule has 0 unspecified atom stereocenters. The van der Waals surface area contributed by atoms with Crippen molar-refractivity contribution in [2.45, 2.75) is 52.9 Å². The predicted octanol–water partition coefficient (Wildman–Crippen LogP) is 3.56. The van der Waals surface area contributed by atoms with E-state index < -0.39 is 0 Å². The predicted molar refractivity (Wildman–Crippen MR) is 106 cm³/mol. The summed E-state index contributed by atoms with van der Waals surface area (Å²) in [6, 6.07) is 7.88. The first-order valence-corrected chi connectivity index (χ1v) is 9.44. The fraction of sp³-hybridized carbons (Fsp3) is 0.429. The number of rotatable bonds is 7. The van der Waals surface area contributed by atoms with Gasteiger partial charge in [0.15, 0.2) is 5.65 Å². The van der Waals surface area contributed by atoms with Gasteiger partial charge >= 0.3 is 5.97 Å². The van der Waals surface area contributed by atoms with Crippen molar-refractivity contribution in [2.24, 2.45) is 0 Å². The van der Waals surface area contributed by atoms with Crippen LogP contribution in [0.2, 0.25) is 0 Å². The molecular weight excluding hydrogens is 356 g/mol. The lowest BCUT2D eigenvalue weighted by atomic mass is 10.2. The summed E-state index contributed by atoms with van der Waals surface area (Å²) in [4.78, 5) is 21.2. The Bertz CT molecular complexity index is 960. The number of aromatic nitrogens is 4. The van der Waals surface area contributed by atoms with Crippen molar-refractivity contribution in [3.8, 4) is 0 Å². The van der Waals surface area contributed by atoms with Crippen LogP contribution in [0.3, 0.4) is 0 Å². The molecule has 0 fully saturated rings. The average Bonchev–Trinajstić information content (AvgIpc) is 3.08. The van der Waals surface area contributed by atoms with Crippen molar-refractivity contribution in [2.75, 3.05) is 6.61 Å². The van der Waals surface area contributed by atoms with Gasteiger partial charge in [0, 0.05) is 36.4 Å². The molecule has 0 bridgehead atoms. The van der Waals surface area contributed by atoms with E-state index in [1.54, 1.807) is 24.0 Å². The summed E-state index contributed by atoms with van der Waals surface area (Å²) in [6.45, 7) is 8.84. The van der Waals surface area contributed by atoms with Crippen molar-refractivity contribution < 1.29 is 14.3 Å². The molecule has 3 aromatic rings. The molecule has 0 saturated heterocycles. The standard InChI is InChI=1S/C21H26N4O3/c1-5-27-20(26)17-13-25(24-18(17)14-28-21(2,3)4)12-10-16-9-8-15-7-6-11-22-19(15)23-16/h6-9,11,13H,5,10,12,14H2,1-4H3. The number of hydrogen-bond donors (Lipinski definition) is 0. The summed E-state index contributed by atoms with van der Waals surface area (Å²) < 4.78 is 12.7. The van der Waals surface area contributed by atoms with E-state index in [0.29, 0.717) is 30.8 Å². The highest BCUT2D eigenvalue weighted by atomic mass is 16.5. The zero-order valence-corrected chi connectivity index (χ0v) is 16.8. The van der Waals surface area contributed by atoms with E-state index in [1.807, 2.05) is 45.0 Å². The molecule has 3 aromatic heterocycles. The lowest BCUT2D eigenvalue weighted by Gasteiger charge is -2.18. The number of nitrogens with zero attached hydrogens (tertiary/aromatic N) is 4. The van der Waals surface area contributed by atoms with Crippen LogP contribution in [0.5, 0.6) is 0 Å². The van der Waals surface area contributed by atoms with Crippen LogP contribution < -0.4 is 0 Å². The molecule has 0 spiro atoms. The van der Waals surface area contributed by atoms with E-state index in [1.165, 1.54) is 0 Å². The zero-order chi connectivity index (χ0) is 20.1. The summed E-state index contributed by atoms with van der Waals surface area (Å²) in [5.41, 5.74) is 2.36. The molecule has 3 rings (SSSR count). The number of carbonyl (C=O) groups excluding carboxylic acids is 1. The van der Waals surface area contributed by atoms with Gasteiger partial charge < -0.3 is 9.47 Å². The number of aryl methyl sites for hydroxylation is 2. The molecule has 3 heterocycles. The number of fused-ring (bicyclic) bond motifs is 1. The molecule has 0 saturated carbocycles. The first-order chi connectivity index (χ1) is 13.4. The van der Waals surface area contributed by atoms with E-state index in [4.69, 9.17) is 9.47 Å². The molecule has 0 amide bonds. The number of ether oxygens (including phenoxy) is 2. The Morgan fingerprint density at radius 2 is 2.04 bits per heavy atom. The van der Waals surface area contributed by atoms with Crippen LogP contribution in [0.15, 0.2) is 36.7 Å². The number of pyridine rings is 2. The van der Waals surface area contributed by atoms with Gasteiger partial charge in [0.1, 0.15) is 11.3 Å². The second-order valence-corrected chi connectivity index (χ2v) is 7.48. The quantitative estimate of drug-likeness (QED) is 0.581. The Morgan fingerprint density at radius 1 is 1.21 bits per heavy atom. The van der Waals surface area contributed by atoms with Gasteiger partial charge in [-0.15, -0.1) is 0 Å². The maximum Gasteiger partial charge on any atom is 0.341 e. The zero-order valence-electron chi connectivity index (χ0n) is 16.8. The van der Waals surface area contributed by atoms with Crippen LogP contribution >= 0.6 is 0 Å². The Hall–Kier alpha value is -2.80. The Labute approximate surface area is 164 Å². The van der Waals surface area contributed by atoms with Crippen molar-refractivity contribution in [3.05, 3.63) is 53.6 Å². The molecular formula is C21H26N4O3. The van der Waals surface area contributed by atoms with Crippen molar-refractivity contribution >= 4 is 17.0 Å². The van der Waals surface area contributed by atoms with Crippen LogP contribution in [0.1, 0.15) is 49.4 Å². The minimum Gasteiger partial charge on any atom is -0.462 e. The van der Waals surface area contributed by atoms with E-state index >= 15 is 0 Å². The monoisotopic (exact) mass is 382 g/mol. The topological polar surface area (TPSA) is 79.1 Å². The summed E-state index contributed by atoms with van der Waals surface area (Å²) in [6.07, 6.45) is 4.13. The Balaban J connectivity index is 1.75. The van der Waals surface area contributed by atoms with Gasteiger partial charge in [-0.25, -0.2) is 14.8 Å². The van der Waals surface area contributed by atoms with Crippen LogP contribution in [-0.4, -0.2) is 37.9 Å². The van der Waals surface area contributed by atoms with Gasteiger partial charge in [0.05, 0.1) is 18.8 Å². The minimum atomic E-state index is -0.380. The Kier molecular flexibility index (Phi) is 6.04. The molecule has 148 valence electrons. The number of esters is 1. The van der Waals surface area contributed by atoms with Crippen LogP contribution in [-0.2, 0) is 29.0 Å². The van der Waals surface area contributed by atoms with E-state index in [9.17, 15) is 4.79 Å². The van der Waals surface area contributed by atoms with Crippen LogP contribution in [0.4, 0.5) is 0 Å². The summed E-state index contributed by atoms with van der Waals surface area (Å²) in [7, 11) is 0. The fourth-order valence-corrected chi connectivity index (χ4v) is 2.71. The molecule has 0 radical (unpaired) electrons. The molecule has 0 aromatic carbocycles. The summed E-state index contributed by atoms with van der Waals surface area (Å²) in [5, 5.41) is 5.55. The highest BCUT2D eigenvalue weighted by molar-refractivity contribution is 5.90. The van der Waals surface area contributed by atoms with Crippen LogP contribution in [0.25, 0.3) is 11.0 Å². The number of hydrogen-bond acceptors (Lipinski definition) is 6. The average molecular weight is 382 g/mol. The minimum absolute atomic E-state index is 0.253. The van der Waals surface area contributed by atoms with Gasteiger partial charge in [0.25, 0.3) is 0 Å². The van der Waals surface area contributed by atoms with Crippen molar-refractivity contribution in [1.29, 1.82) is 0 Å². The molecule has 0 N–H and O–H groups in total. The van der Waals surface area contributed by atoms with Gasteiger partial charge in [-0.3, -0.25) is 4.68 Å². The second-order valence-electron chi connectivity index (χ2n) is 7.48. The van der Waals surface area contributed by atoms with E-state index in [-0.39, 0.29) is 18.2 Å². The van der Waals surface area contributed by atoms with E-state index in [2.05, 4.69) is 15.1 Å². The second kappa shape index (κ2) is 8.48. The normalized spacial score (nSPS) is 11.7. The highest BCUT2D eigenvalue weighted by Crippen LogP contribution is 2.16. The SMILES string of the molecule is CCOC(=O)c1cn(CCc2ccc3cccnc3n2)nc1COC(C)(C)C. The van der Waals surface area contributed by atoms with E-state index in [0.717, 1.165) is 16.7 Å². The Morgan fingerprint density at radius 3 is 2.79 bits per heavy atom.